The van der Waals surface area contributed by atoms with E-state index in [9.17, 15) is 14.7 Å². The molecule has 0 aliphatic heterocycles. The molecule has 10 nitrogen and oxygen atoms in total. The number of carbonyl (C=O) groups excluding carboxylic acids is 1. The molecule has 10 heteroatoms. The number of aliphatic carboxylic acids is 1. The fourth-order valence-corrected chi connectivity index (χ4v) is 3.94. The number of nitrogens with one attached hydrogen (secondary N) is 3. The van der Waals surface area contributed by atoms with Gasteiger partial charge in [0, 0.05) is 18.3 Å². The highest BCUT2D eigenvalue weighted by Gasteiger charge is 2.21. The third kappa shape index (κ3) is 4.87. The molecule has 36 heavy (non-hydrogen) atoms. The average Bonchev–Trinajstić information content (AvgIpc) is 3.33. The Morgan fingerprint density at radius 3 is 2.56 bits per heavy atom. The second kappa shape index (κ2) is 9.63. The number of fused-ring (bicyclic) bond motifs is 2. The fourth-order valence-electron chi connectivity index (χ4n) is 3.94. The van der Waals surface area contributed by atoms with Crippen molar-refractivity contribution in [2.24, 2.45) is 0 Å². The second-order valence-electron chi connectivity index (χ2n) is 8.09. The van der Waals surface area contributed by atoms with Gasteiger partial charge in [0.1, 0.15) is 17.4 Å². The maximum absolute atomic E-state index is 12.6. The topological polar surface area (TPSA) is 155 Å². The Hall–Kier alpha value is -5.12. The summed E-state index contributed by atoms with van der Waals surface area (Å²) in [6, 6.07) is 20.0. The number of anilines is 2. The van der Waals surface area contributed by atoms with Crippen LogP contribution in [0, 0.1) is 0 Å². The third-order valence-corrected chi connectivity index (χ3v) is 5.63. The van der Waals surface area contributed by atoms with Gasteiger partial charge in [-0.25, -0.2) is 9.59 Å². The molecule has 2 amide bonds. The molecule has 3 aromatic carbocycles. The number of carboxylic acids is 1. The number of rotatable bonds is 7. The highest BCUT2D eigenvalue weighted by Crippen LogP contribution is 2.28. The number of hydrogen-bond donors (Lipinski definition) is 5. The van der Waals surface area contributed by atoms with E-state index in [-0.39, 0.29) is 12.4 Å². The first-order chi connectivity index (χ1) is 17.5. The largest absolute Gasteiger partial charge is 0.480 e. The number of ether oxygens (including phenoxy) is 1. The first-order valence-corrected chi connectivity index (χ1v) is 11.1. The van der Waals surface area contributed by atoms with Crippen molar-refractivity contribution in [1.29, 1.82) is 0 Å². The van der Waals surface area contributed by atoms with E-state index in [4.69, 9.17) is 10.5 Å². The summed E-state index contributed by atoms with van der Waals surface area (Å²) in [6.07, 6.45) is 1.86. The minimum Gasteiger partial charge on any atom is -0.480 e. The zero-order valence-electron chi connectivity index (χ0n) is 18.9. The summed E-state index contributed by atoms with van der Waals surface area (Å²) in [5.74, 6) is -0.274. The van der Waals surface area contributed by atoms with Crippen LogP contribution in [0.2, 0.25) is 0 Å². The van der Waals surface area contributed by atoms with E-state index in [0.717, 1.165) is 16.3 Å². The summed E-state index contributed by atoms with van der Waals surface area (Å²) < 4.78 is 5.83. The van der Waals surface area contributed by atoms with Crippen molar-refractivity contribution < 1.29 is 19.4 Å². The number of aromatic nitrogens is 3. The van der Waals surface area contributed by atoms with Gasteiger partial charge >= 0.3 is 12.0 Å². The lowest BCUT2D eigenvalue weighted by Gasteiger charge is -2.16. The maximum Gasteiger partial charge on any atom is 0.326 e. The number of nitrogens with zero attached hydrogens (tertiary/aromatic N) is 2. The second-order valence-corrected chi connectivity index (χ2v) is 8.09. The molecule has 180 valence electrons. The SMILES string of the molecule is Nc1nc(Oc2ccc(NC(=O)NC(Cc3cccc4ccccc34)C(=O)O)cc2)c2cc[nH]c2n1. The van der Waals surface area contributed by atoms with Crippen molar-refractivity contribution in [2.75, 3.05) is 11.1 Å². The molecule has 0 aliphatic carbocycles. The van der Waals surface area contributed by atoms with Crippen LogP contribution < -0.4 is 21.1 Å². The van der Waals surface area contributed by atoms with Gasteiger partial charge in [-0.2, -0.15) is 9.97 Å². The molecule has 0 bridgehead atoms. The van der Waals surface area contributed by atoms with Crippen molar-refractivity contribution in [3.63, 3.8) is 0 Å². The number of amides is 2. The lowest BCUT2D eigenvalue weighted by molar-refractivity contribution is -0.139. The van der Waals surface area contributed by atoms with Crippen LogP contribution in [0.25, 0.3) is 21.8 Å². The van der Waals surface area contributed by atoms with E-state index in [0.29, 0.717) is 28.4 Å². The Morgan fingerprint density at radius 2 is 1.75 bits per heavy atom. The first kappa shape index (κ1) is 22.7. The van der Waals surface area contributed by atoms with Crippen LogP contribution in [0.15, 0.2) is 79.0 Å². The number of H-pyrrole nitrogens is 1. The molecule has 1 unspecified atom stereocenters. The van der Waals surface area contributed by atoms with Crippen molar-refractivity contribution in [3.8, 4) is 11.6 Å². The molecule has 5 aromatic rings. The minimum atomic E-state index is -1.12. The third-order valence-electron chi connectivity index (χ3n) is 5.63. The van der Waals surface area contributed by atoms with Crippen molar-refractivity contribution in [1.82, 2.24) is 20.3 Å². The molecule has 0 saturated heterocycles. The van der Waals surface area contributed by atoms with Gasteiger partial charge in [-0.1, -0.05) is 42.5 Å². The summed E-state index contributed by atoms with van der Waals surface area (Å²) in [5.41, 5.74) is 7.59. The first-order valence-electron chi connectivity index (χ1n) is 11.1. The van der Waals surface area contributed by atoms with Crippen LogP contribution in [0.3, 0.4) is 0 Å². The molecule has 0 saturated carbocycles. The normalized spacial score (nSPS) is 11.8. The Balaban J connectivity index is 1.24. The van der Waals surface area contributed by atoms with E-state index in [1.165, 1.54) is 0 Å². The van der Waals surface area contributed by atoms with Crippen LogP contribution in [-0.2, 0) is 11.2 Å². The zero-order valence-corrected chi connectivity index (χ0v) is 18.9. The molecule has 6 N–H and O–H groups in total. The molecule has 0 radical (unpaired) electrons. The van der Waals surface area contributed by atoms with Crippen LogP contribution in [-0.4, -0.2) is 38.1 Å². The number of benzene rings is 3. The number of urea groups is 1. The van der Waals surface area contributed by atoms with Crippen molar-refractivity contribution >= 4 is 45.4 Å². The molecule has 5 rings (SSSR count). The van der Waals surface area contributed by atoms with Gasteiger partial charge in [-0.3, -0.25) is 0 Å². The van der Waals surface area contributed by atoms with Gasteiger partial charge in [0.05, 0.1) is 5.39 Å². The van der Waals surface area contributed by atoms with Gasteiger partial charge in [-0.15, -0.1) is 0 Å². The standard InChI is InChI=1S/C26H22N6O4/c27-25-31-22-20(12-13-28-22)23(32-25)36-18-10-8-17(9-11-18)29-26(35)30-21(24(33)34)14-16-6-3-5-15-4-1-2-7-19(15)16/h1-13,21H,14H2,(H,33,34)(H2,29,30,35)(H3,27,28,31,32). The van der Waals surface area contributed by atoms with Crippen LogP contribution in [0.4, 0.5) is 16.4 Å². The molecule has 1 atom stereocenters. The molecule has 0 spiro atoms. The van der Waals surface area contributed by atoms with Gasteiger partial charge in [0.25, 0.3) is 0 Å². The smallest absolute Gasteiger partial charge is 0.326 e. The molecule has 2 aromatic heterocycles. The lowest BCUT2D eigenvalue weighted by atomic mass is 9.99. The summed E-state index contributed by atoms with van der Waals surface area (Å²) in [6.45, 7) is 0. The Bertz CT molecular complexity index is 1560. The molecule has 2 heterocycles. The minimum absolute atomic E-state index is 0.0754. The van der Waals surface area contributed by atoms with Crippen LogP contribution in [0.1, 0.15) is 5.56 Å². The number of carboxylic acid groups (broad SMARTS) is 1. The van der Waals surface area contributed by atoms with E-state index < -0.39 is 18.0 Å². The molecular formula is C26H22N6O4. The Morgan fingerprint density at radius 1 is 0.972 bits per heavy atom. The predicted molar refractivity (Wildman–Crippen MR) is 136 cm³/mol. The Labute approximate surface area is 205 Å². The maximum atomic E-state index is 12.6. The summed E-state index contributed by atoms with van der Waals surface area (Å²) >= 11 is 0. The fraction of sp³-hybridized carbons (Fsp3) is 0.0769. The monoisotopic (exact) mass is 482 g/mol. The molecule has 0 fully saturated rings. The number of carbonyl (C=O) groups is 2. The van der Waals surface area contributed by atoms with Crippen LogP contribution in [0.5, 0.6) is 11.6 Å². The van der Waals surface area contributed by atoms with Gasteiger partial charge in [0.2, 0.25) is 11.8 Å². The number of nitrogen functional groups attached to an aromatic ring is 1. The Kier molecular flexibility index (Phi) is 6.06. The van der Waals surface area contributed by atoms with Crippen molar-refractivity contribution in [2.45, 2.75) is 12.5 Å². The zero-order chi connectivity index (χ0) is 25.1. The number of aromatic amines is 1. The quantitative estimate of drug-likeness (QED) is 0.231. The number of hydrogen-bond acceptors (Lipinski definition) is 6. The highest BCUT2D eigenvalue weighted by molar-refractivity contribution is 5.93. The summed E-state index contributed by atoms with van der Waals surface area (Å²) in [4.78, 5) is 35.6. The molecule has 0 aliphatic rings. The van der Waals surface area contributed by atoms with E-state index in [1.807, 2.05) is 42.5 Å². The van der Waals surface area contributed by atoms with E-state index in [2.05, 4.69) is 25.6 Å². The highest BCUT2D eigenvalue weighted by atomic mass is 16.5. The summed E-state index contributed by atoms with van der Waals surface area (Å²) in [7, 11) is 0. The van der Waals surface area contributed by atoms with E-state index >= 15 is 0 Å². The van der Waals surface area contributed by atoms with Gasteiger partial charge in [-0.05, 0) is 46.7 Å². The van der Waals surface area contributed by atoms with E-state index in [1.54, 1.807) is 36.5 Å². The predicted octanol–water partition coefficient (Wildman–Crippen LogP) is 4.30. The van der Waals surface area contributed by atoms with Crippen molar-refractivity contribution in [3.05, 3.63) is 84.6 Å². The molecular weight excluding hydrogens is 460 g/mol. The lowest BCUT2D eigenvalue weighted by Crippen LogP contribution is -2.44. The number of nitrogens with two attached hydrogens (primary N) is 1. The summed E-state index contributed by atoms with van der Waals surface area (Å²) in [5, 5.41) is 17.5. The average molecular weight is 483 g/mol. The van der Waals surface area contributed by atoms with Gasteiger partial charge in [0.15, 0.2) is 0 Å². The van der Waals surface area contributed by atoms with Crippen LogP contribution >= 0.6 is 0 Å². The van der Waals surface area contributed by atoms with Gasteiger partial charge < -0.3 is 31.2 Å².